The maximum Gasteiger partial charge on any atom is 0.159 e. The van der Waals surface area contributed by atoms with E-state index in [9.17, 15) is 4.79 Å². The zero-order valence-corrected chi connectivity index (χ0v) is 8.58. The van der Waals surface area contributed by atoms with Crippen molar-refractivity contribution >= 4 is 11.5 Å². The number of hydrogen-bond acceptors (Lipinski definition) is 3. The number of nitrogens with two attached hydrogens (primary N) is 1. The Labute approximate surface area is 88.9 Å². The van der Waals surface area contributed by atoms with Crippen LogP contribution in [0.2, 0.25) is 0 Å². The van der Waals surface area contributed by atoms with Crippen LogP contribution in [0, 0.1) is 11.8 Å². The molecule has 78 valence electrons. The van der Waals surface area contributed by atoms with Gasteiger partial charge in [-0.1, -0.05) is 17.9 Å². The molecule has 0 saturated carbocycles. The predicted molar refractivity (Wildman–Crippen MR) is 59.4 cm³/mol. The summed E-state index contributed by atoms with van der Waals surface area (Å²) in [5.74, 6) is 5.59. The van der Waals surface area contributed by atoms with Crippen LogP contribution in [-0.2, 0) is 0 Å². The van der Waals surface area contributed by atoms with Crippen molar-refractivity contribution in [2.45, 2.75) is 13.3 Å². The average Bonchev–Trinajstić information content (AvgIpc) is 2.20. The highest BCUT2D eigenvalue weighted by molar-refractivity contribution is 5.95. The van der Waals surface area contributed by atoms with Crippen LogP contribution in [0.1, 0.15) is 29.3 Å². The number of hydrogen-bond donors (Lipinski definition) is 2. The number of Topliss-reactive ketones (excluding diaryl/α,β-unsaturated/α-hetero) is 1. The molecule has 0 amide bonds. The van der Waals surface area contributed by atoms with Crippen LogP contribution in [-0.4, -0.2) is 17.5 Å². The lowest BCUT2D eigenvalue weighted by Gasteiger charge is -2.00. The van der Waals surface area contributed by atoms with Crippen molar-refractivity contribution in [3.63, 3.8) is 0 Å². The Balaban J connectivity index is 2.95. The maximum atomic E-state index is 11.0. The summed E-state index contributed by atoms with van der Waals surface area (Å²) in [6.45, 7) is 1.53. The summed E-state index contributed by atoms with van der Waals surface area (Å²) in [5.41, 5.74) is 7.49. The average molecular weight is 203 g/mol. The standard InChI is InChI=1S/C12H13NO2/c1-9(15)11-6-5-10(12(13)8-11)4-2-3-7-14/h5-6,8,14H,3,7,13H2,1H3. The minimum atomic E-state index is -0.0171. The van der Waals surface area contributed by atoms with E-state index in [0.717, 1.165) is 0 Å². The maximum absolute atomic E-state index is 11.0. The molecule has 1 aromatic carbocycles. The first-order valence-electron chi connectivity index (χ1n) is 4.65. The van der Waals surface area contributed by atoms with E-state index in [4.69, 9.17) is 10.8 Å². The molecule has 0 radical (unpaired) electrons. The molecule has 3 nitrogen and oxygen atoms in total. The summed E-state index contributed by atoms with van der Waals surface area (Å²) in [6.07, 6.45) is 0.425. The predicted octanol–water partition coefficient (Wildman–Crippen LogP) is 1.21. The monoisotopic (exact) mass is 203 g/mol. The van der Waals surface area contributed by atoms with Gasteiger partial charge in [0.05, 0.1) is 6.61 Å². The van der Waals surface area contributed by atoms with E-state index >= 15 is 0 Å². The summed E-state index contributed by atoms with van der Waals surface area (Å²) in [4.78, 5) is 11.0. The van der Waals surface area contributed by atoms with Gasteiger partial charge >= 0.3 is 0 Å². The number of carbonyl (C=O) groups is 1. The van der Waals surface area contributed by atoms with Gasteiger partial charge in [-0.3, -0.25) is 4.79 Å². The van der Waals surface area contributed by atoms with E-state index in [0.29, 0.717) is 23.2 Å². The van der Waals surface area contributed by atoms with Gasteiger partial charge in [-0.25, -0.2) is 0 Å². The molecule has 0 aliphatic rings. The number of rotatable bonds is 2. The van der Waals surface area contributed by atoms with Crippen molar-refractivity contribution in [3.05, 3.63) is 29.3 Å². The van der Waals surface area contributed by atoms with Gasteiger partial charge in [0, 0.05) is 23.2 Å². The largest absolute Gasteiger partial charge is 0.398 e. The third-order valence-electron chi connectivity index (χ3n) is 1.92. The van der Waals surface area contributed by atoms with Crippen LogP contribution in [0.4, 0.5) is 5.69 Å². The van der Waals surface area contributed by atoms with Gasteiger partial charge in [-0.05, 0) is 19.1 Å². The van der Waals surface area contributed by atoms with Crippen LogP contribution in [0.5, 0.6) is 0 Å². The van der Waals surface area contributed by atoms with Crippen molar-refractivity contribution in [1.82, 2.24) is 0 Å². The highest BCUT2D eigenvalue weighted by Crippen LogP contribution is 2.13. The molecule has 15 heavy (non-hydrogen) atoms. The fourth-order valence-corrected chi connectivity index (χ4v) is 1.11. The van der Waals surface area contributed by atoms with Crippen molar-refractivity contribution < 1.29 is 9.90 Å². The first-order chi connectivity index (χ1) is 7.15. The molecule has 0 spiro atoms. The zero-order chi connectivity index (χ0) is 11.3. The molecule has 0 bridgehead atoms. The smallest absolute Gasteiger partial charge is 0.159 e. The Hall–Kier alpha value is -1.79. The van der Waals surface area contributed by atoms with Crippen LogP contribution < -0.4 is 5.73 Å². The molecule has 0 unspecified atom stereocenters. The van der Waals surface area contributed by atoms with Gasteiger partial charge in [0.1, 0.15) is 0 Å². The molecule has 0 aliphatic heterocycles. The molecule has 1 rings (SSSR count). The van der Waals surface area contributed by atoms with E-state index < -0.39 is 0 Å². The minimum Gasteiger partial charge on any atom is -0.398 e. The van der Waals surface area contributed by atoms with Gasteiger partial charge in [0.2, 0.25) is 0 Å². The first-order valence-corrected chi connectivity index (χ1v) is 4.65. The lowest BCUT2D eigenvalue weighted by molar-refractivity contribution is 0.101. The molecule has 0 heterocycles. The van der Waals surface area contributed by atoms with Gasteiger partial charge < -0.3 is 10.8 Å². The first kappa shape index (κ1) is 11.3. The third-order valence-corrected chi connectivity index (χ3v) is 1.92. The third kappa shape index (κ3) is 3.12. The SMILES string of the molecule is CC(=O)c1ccc(C#CCCO)c(N)c1. The molecular weight excluding hydrogens is 190 g/mol. The van der Waals surface area contributed by atoms with E-state index in [-0.39, 0.29) is 12.4 Å². The highest BCUT2D eigenvalue weighted by Gasteiger charge is 2.01. The van der Waals surface area contributed by atoms with Crippen LogP contribution in [0.15, 0.2) is 18.2 Å². The van der Waals surface area contributed by atoms with E-state index in [1.807, 2.05) is 0 Å². The molecule has 0 saturated heterocycles. The van der Waals surface area contributed by atoms with Crippen molar-refractivity contribution in [1.29, 1.82) is 0 Å². The Bertz CT molecular complexity index is 427. The molecule has 0 aliphatic carbocycles. The minimum absolute atomic E-state index is 0.0171. The second-order valence-corrected chi connectivity index (χ2v) is 3.13. The fourth-order valence-electron chi connectivity index (χ4n) is 1.11. The lowest BCUT2D eigenvalue weighted by atomic mass is 10.1. The van der Waals surface area contributed by atoms with Gasteiger partial charge in [-0.2, -0.15) is 0 Å². The van der Waals surface area contributed by atoms with Crippen LogP contribution in [0.25, 0.3) is 0 Å². The number of aliphatic hydroxyl groups is 1. The Morgan fingerprint density at radius 1 is 1.53 bits per heavy atom. The number of carbonyl (C=O) groups excluding carboxylic acids is 1. The zero-order valence-electron chi connectivity index (χ0n) is 8.58. The molecule has 1 aromatic rings. The summed E-state index contributed by atoms with van der Waals surface area (Å²) >= 11 is 0. The Kier molecular flexibility index (Phi) is 3.90. The van der Waals surface area contributed by atoms with E-state index in [1.165, 1.54) is 6.92 Å². The Morgan fingerprint density at radius 3 is 2.80 bits per heavy atom. The quantitative estimate of drug-likeness (QED) is 0.431. The van der Waals surface area contributed by atoms with Gasteiger partial charge in [-0.15, -0.1) is 0 Å². The van der Waals surface area contributed by atoms with Gasteiger partial charge in [0.15, 0.2) is 5.78 Å². The Morgan fingerprint density at radius 2 is 2.27 bits per heavy atom. The van der Waals surface area contributed by atoms with Gasteiger partial charge in [0.25, 0.3) is 0 Å². The topological polar surface area (TPSA) is 63.3 Å². The number of anilines is 1. The summed E-state index contributed by atoms with van der Waals surface area (Å²) in [5, 5.41) is 8.55. The van der Waals surface area contributed by atoms with Crippen molar-refractivity contribution in [3.8, 4) is 11.8 Å². The van der Waals surface area contributed by atoms with E-state index in [2.05, 4.69) is 11.8 Å². The molecule has 0 fully saturated rings. The van der Waals surface area contributed by atoms with Crippen molar-refractivity contribution in [2.24, 2.45) is 0 Å². The lowest BCUT2D eigenvalue weighted by Crippen LogP contribution is -1.96. The second-order valence-electron chi connectivity index (χ2n) is 3.13. The second kappa shape index (κ2) is 5.18. The van der Waals surface area contributed by atoms with Crippen LogP contribution in [0.3, 0.4) is 0 Å². The van der Waals surface area contributed by atoms with Crippen LogP contribution >= 0.6 is 0 Å². The summed E-state index contributed by atoms with van der Waals surface area (Å²) in [6, 6.07) is 5.03. The molecule has 3 heteroatoms. The summed E-state index contributed by atoms with van der Waals surface area (Å²) in [7, 11) is 0. The molecule has 0 aromatic heterocycles. The molecule has 0 atom stereocenters. The molecular formula is C12H13NO2. The molecule has 3 N–H and O–H groups in total. The number of ketones is 1. The number of aliphatic hydroxyl groups excluding tert-OH is 1. The highest BCUT2D eigenvalue weighted by atomic mass is 16.2. The summed E-state index contributed by atoms with van der Waals surface area (Å²) < 4.78 is 0. The van der Waals surface area contributed by atoms with E-state index in [1.54, 1.807) is 18.2 Å². The fraction of sp³-hybridized carbons (Fsp3) is 0.250. The number of benzene rings is 1. The number of nitrogen functional groups attached to an aromatic ring is 1. The van der Waals surface area contributed by atoms with Crippen molar-refractivity contribution in [2.75, 3.05) is 12.3 Å². The normalized spacial score (nSPS) is 9.20.